The molecule has 2 nitrogen and oxygen atoms in total. The number of piperidine rings is 3. The molecule has 2 unspecified atom stereocenters. The van der Waals surface area contributed by atoms with E-state index in [4.69, 9.17) is 0 Å². The lowest BCUT2D eigenvalue weighted by molar-refractivity contribution is 0.0196. The van der Waals surface area contributed by atoms with Gasteiger partial charge in [-0.3, -0.25) is 9.88 Å². The van der Waals surface area contributed by atoms with Gasteiger partial charge in [0.25, 0.3) is 0 Å². The molecule has 0 N–H and O–H groups in total. The zero-order chi connectivity index (χ0) is 14.2. The van der Waals surface area contributed by atoms with E-state index in [0.717, 1.165) is 17.9 Å². The summed E-state index contributed by atoms with van der Waals surface area (Å²) in [6.45, 7) is 6.49. The summed E-state index contributed by atoms with van der Waals surface area (Å²) < 4.78 is 0. The molecule has 0 saturated carbocycles. The largest absolute Gasteiger partial charge is 0.299 e. The molecule has 2 aromatic rings. The molecule has 0 aliphatic carbocycles. The van der Waals surface area contributed by atoms with Crippen molar-refractivity contribution >= 4 is 10.9 Å². The Morgan fingerprint density at radius 3 is 3.00 bits per heavy atom. The van der Waals surface area contributed by atoms with Gasteiger partial charge in [0.15, 0.2) is 0 Å². The maximum atomic E-state index is 4.48. The molecular formula is C19H22N2. The minimum Gasteiger partial charge on any atom is -0.299 e. The number of nitrogens with zero attached hydrogens (tertiary/aromatic N) is 2. The quantitative estimate of drug-likeness (QED) is 0.796. The first-order valence-electron chi connectivity index (χ1n) is 8.04. The summed E-state index contributed by atoms with van der Waals surface area (Å²) in [6.07, 6.45) is 7.97. The zero-order valence-corrected chi connectivity index (χ0v) is 12.4. The van der Waals surface area contributed by atoms with E-state index < -0.39 is 0 Å². The van der Waals surface area contributed by atoms with E-state index in [9.17, 15) is 0 Å². The van der Waals surface area contributed by atoms with Gasteiger partial charge < -0.3 is 0 Å². The van der Waals surface area contributed by atoms with Gasteiger partial charge in [0.1, 0.15) is 0 Å². The number of fused-ring (bicyclic) bond motifs is 4. The molecule has 0 radical (unpaired) electrons. The Morgan fingerprint density at radius 2 is 2.19 bits per heavy atom. The molecule has 0 amide bonds. The molecule has 4 heterocycles. The third-order valence-corrected chi connectivity index (χ3v) is 5.43. The lowest BCUT2D eigenvalue weighted by Crippen LogP contribution is -2.53. The second kappa shape index (κ2) is 5.27. The molecule has 1 aromatic heterocycles. The van der Waals surface area contributed by atoms with Crippen molar-refractivity contribution in [2.75, 3.05) is 13.1 Å². The summed E-state index contributed by atoms with van der Waals surface area (Å²) in [5.74, 6) is 1.56. The number of hydrogen-bond donors (Lipinski definition) is 0. The second-order valence-electron chi connectivity index (χ2n) is 6.52. The van der Waals surface area contributed by atoms with Crippen molar-refractivity contribution in [3.63, 3.8) is 0 Å². The number of para-hydroxylation sites is 1. The van der Waals surface area contributed by atoms with E-state index in [0.29, 0.717) is 12.0 Å². The van der Waals surface area contributed by atoms with Gasteiger partial charge in [-0.1, -0.05) is 24.3 Å². The van der Waals surface area contributed by atoms with Crippen molar-refractivity contribution in [1.29, 1.82) is 0 Å². The number of pyridine rings is 1. The monoisotopic (exact) mass is 278 g/mol. The Labute approximate surface area is 126 Å². The van der Waals surface area contributed by atoms with Gasteiger partial charge in [-0.25, -0.2) is 0 Å². The van der Waals surface area contributed by atoms with Gasteiger partial charge in [0, 0.05) is 24.2 Å². The van der Waals surface area contributed by atoms with Crippen LogP contribution in [0.3, 0.4) is 0 Å². The highest BCUT2D eigenvalue weighted by Crippen LogP contribution is 2.38. The average molecular weight is 278 g/mol. The lowest BCUT2D eigenvalue weighted by atomic mass is 9.74. The van der Waals surface area contributed by atoms with Crippen LogP contribution < -0.4 is 0 Å². The fraction of sp³-hybridized carbons (Fsp3) is 0.421. The number of aromatic nitrogens is 1. The molecule has 3 fully saturated rings. The Balaban J connectivity index is 1.60. The maximum Gasteiger partial charge on any atom is 0.0704 e. The van der Waals surface area contributed by atoms with Gasteiger partial charge in [-0.15, -0.1) is 6.58 Å². The van der Waals surface area contributed by atoms with Crippen LogP contribution in [0.1, 0.15) is 18.4 Å². The normalized spacial score (nSPS) is 31.4. The maximum absolute atomic E-state index is 4.48. The third-order valence-electron chi connectivity index (χ3n) is 5.43. The molecule has 0 spiro atoms. The summed E-state index contributed by atoms with van der Waals surface area (Å²) in [7, 11) is 0. The number of benzene rings is 1. The average Bonchev–Trinajstić information content (AvgIpc) is 2.56. The van der Waals surface area contributed by atoms with E-state index in [2.05, 4.69) is 52.9 Å². The first-order valence-corrected chi connectivity index (χ1v) is 8.04. The van der Waals surface area contributed by atoms with Crippen LogP contribution in [0.5, 0.6) is 0 Å². The van der Waals surface area contributed by atoms with Crippen LogP contribution in [0.4, 0.5) is 0 Å². The van der Waals surface area contributed by atoms with E-state index in [1.807, 2.05) is 6.20 Å². The van der Waals surface area contributed by atoms with Crippen LogP contribution in [-0.2, 0) is 6.42 Å². The van der Waals surface area contributed by atoms with Gasteiger partial charge in [0.2, 0.25) is 0 Å². The highest BCUT2D eigenvalue weighted by atomic mass is 15.2. The Kier molecular flexibility index (Phi) is 3.27. The summed E-state index contributed by atoms with van der Waals surface area (Å²) in [5, 5.41) is 1.32. The van der Waals surface area contributed by atoms with E-state index >= 15 is 0 Å². The smallest absolute Gasteiger partial charge is 0.0704 e. The van der Waals surface area contributed by atoms with Crippen LogP contribution in [-0.4, -0.2) is 29.0 Å². The number of hydrogen-bond acceptors (Lipinski definition) is 2. The Bertz CT molecular complexity index is 658. The van der Waals surface area contributed by atoms with Crippen molar-refractivity contribution in [1.82, 2.24) is 9.88 Å². The van der Waals surface area contributed by atoms with E-state index in [1.165, 1.54) is 36.9 Å². The molecule has 3 aliphatic heterocycles. The van der Waals surface area contributed by atoms with Crippen LogP contribution >= 0.6 is 0 Å². The van der Waals surface area contributed by atoms with Crippen LogP contribution in [0.25, 0.3) is 10.9 Å². The van der Waals surface area contributed by atoms with Crippen molar-refractivity contribution < 1.29 is 0 Å². The minimum atomic E-state index is 0.700. The third kappa shape index (κ3) is 2.28. The minimum absolute atomic E-state index is 0.700. The molecular weight excluding hydrogens is 256 g/mol. The van der Waals surface area contributed by atoms with Crippen LogP contribution in [0.15, 0.2) is 49.2 Å². The first kappa shape index (κ1) is 13.0. The van der Waals surface area contributed by atoms with Crippen LogP contribution in [0.2, 0.25) is 0 Å². The summed E-state index contributed by atoms with van der Waals surface area (Å²) in [4.78, 5) is 7.16. The topological polar surface area (TPSA) is 16.1 Å². The number of rotatable bonds is 3. The Morgan fingerprint density at radius 1 is 1.29 bits per heavy atom. The Hall–Kier alpha value is -1.67. The molecule has 108 valence electrons. The lowest BCUT2D eigenvalue weighted by Gasteiger charge is -2.49. The highest BCUT2D eigenvalue weighted by Gasteiger charge is 2.38. The highest BCUT2D eigenvalue weighted by molar-refractivity contribution is 5.81. The van der Waals surface area contributed by atoms with Gasteiger partial charge in [-0.2, -0.15) is 0 Å². The summed E-state index contributed by atoms with van der Waals surface area (Å²) in [5.41, 5.74) is 2.57. The molecule has 3 aliphatic rings. The van der Waals surface area contributed by atoms with E-state index in [-0.39, 0.29) is 0 Å². The van der Waals surface area contributed by atoms with E-state index in [1.54, 1.807) is 0 Å². The van der Waals surface area contributed by atoms with Gasteiger partial charge in [-0.05, 0) is 55.3 Å². The standard InChI is InChI=1S/C19H22N2/c1-2-14-13-21-10-8-15(14)11-17(21)12-16-7-9-20-19-6-4-3-5-18(16)19/h2-7,9,14-15,17H,1,8,10-13H2/t14?,15-,17-/m0/s1. The van der Waals surface area contributed by atoms with Crippen LogP contribution in [0, 0.1) is 11.8 Å². The predicted molar refractivity (Wildman–Crippen MR) is 87.2 cm³/mol. The summed E-state index contributed by atoms with van der Waals surface area (Å²) in [6, 6.07) is 11.4. The second-order valence-corrected chi connectivity index (χ2v) is 6.52. The molecule has 4 atom stereocenters. The molecule has 5 rings (SSSR count). The van der Waals surface area contributed by atoms with Gasteiger partial charge >= 0.3 is 0 Å². The molecule has 3 saturated heterocycles. The SMILES string of the molecule is C=CC1CN2CC[C@H]1C[C@H]2Cc1ccnc2ccccc12. The van der Waals surface area contributed by atoms with Crippen molar-refractivity contribution in [2.24, 2.45) is 11.8 Å². The fourth-order valence-corrected chi connectivity index (χ4v) is 4.25. The van der Waals surface area contributed by atoms with Gasteiger partial charge in [0.05, 0.1) is 5.52 Å². The fourth-order valence-electron chi connectivity index (χ4n) is 4.25. The zero-order valence-electron chi connectivity index (χ0n) is 12.4. The van der Waals surface area contributed by atoms with Crippen molar-refractivity contribution in [3.05, 3.63) is 54.7 Å². The van der Waals surface area contributed by atoms with Crippen molar-refractivity contribution in [2.45, 2.75) is 25.3 Å². The molecule has 2 heteroatoms. The molecule has 1 aromatic carbocycles. The predicted octanol–water partition coefficient (Wildman–Crippen LogP) is 3.67. The summed E-state index contributed by atoms with van der Waals surface area (Å²) >= 11 is 0. The molecule has 21 heavy (non-hydrogen) atoms. The van der Waals surface area contributed by atoms with Crippen molar-refractivity contribution in [3.8, 4) is 0 Å². The first-order chi connectivity index (χ1) is 10.3. The molecule has 2 bridgehead atoms.